The molecule has 18 heavy (non-hydrogen) atoms. The molecule has 0 bridgehead atoms. The molecular weight excluding hydrogens is 312 g/mol. The van der Waals surface area contributed by atoms with Crippen LogP contribution in [0, 0.1) is 0 Å². The fourth-order valence-electron chi connectivity index (χ4n) is 2.15. The number of halogens is 1. The Morgan fingerprint density at radius 3 is 3.06 bits per heavy atom. The number of amides is 1. The van der Waals surface area contributed by atoms with Gasteiger partial charge in [0, 0.05) is 30.9 Å². The molecule has 0 aliphatic carbocycles. The molecule has 1 aromatic rings. The monoisotopic (exact) mass is 330 g/mol. The minimum absolute atomic E-state index is 0.314. The van der Waals surface area contributed by atoms with Gasteiger partial charge in [-0.05, 0) is 53.9 Å². The molecule has 1 saturated heterocycles. The number of carbonyl (C=O) groups excluding carboxylic acids is 1. The molecule has 0 aromatic carbocycles. The van der Waals surface area contributed by atoms with Crippen LogP contribution in [-0.4, -0.2) is 37.0 Å². The third-order valence-corrected chi connectivity index (χ3v) is 4.82. The molecule has 2 heterocycles. The Labute approximate surface area is 121 Å². The molecule has 100 valence electrons. The zero-order valence-corrected chi connectivity index (χ0v) is 12.9. The number of nitrogens with zero attached hydrogens (tertiary/aromatic N) is 1. The molecule has 0 unspecified atom stereocenters. The molecule has 1 aliphatic heterocycles. The second-order valence-electron chi connectivity index (χ2n) is 4.54. The van der Waals surface area contributed by atoms with Crippen molar-refractivity contribution < 1.29 is 4.79 Å². The van der Waals surface area contributed by atoms with Crippen molar-refractivity contribution in [2.45, 2.75) is 25.7 Å². The summed E-state index contributed by atoms with van der Waals surface area (Å²) in [7, 11) is 0. The summed E-state index contributed by atoms with van der Waals surface area (Å²) < 4.78 is 1.17. The van der Waals surface area contributed by atoms with Gasteiger partial charge in [0.1, 0.15) is 0 Å². The second-order valence-corrected chi connectivity index (χ2v) is 7.09. The standard InChI is InChI=1S/C13H19BrN2OS/c14-12-6-5-11(18-12)3-1-4-13(17)16-9-2-7-15-8-10-16/h5-6,15H,1-4,7-10H2. The summed E-state index contributed by atoms with van der Waals surface area (Å²) in [4.78, 5) is 15.4. The van der Waals surface area contributed by atoms with Crippen LogP contribution in [0.15, 0.2) is 15.9 Å². The number of hydrogen-bond donors (Lipinski definition) is 1. The minimum atomic E-state index is 0.314. The van der Waals surface area contributed by atoms with Gasteiger partial charge in [-0.3, -0.25) is 4.79 Å². The first-order valence-corrected chi connectivity index (χ1v) is 8.09. The lowest BCUT2D eigenvalue weighted by Crippen LogP contribution is -2.34. The summed E-state index contributed by atoms with van der Waals surface area (Å²) in [6.07, 6.45) is 3.71. The van der Waals surface area contributed by atoms with E-state index in [1.165, 1.54) is 8.66 Å². The molecule has 1 aromatic heterocycles. The maximum absolute atomic E-state index is 12.0. The largest absolute Gasteiger partial charge is 0.341 e. The van der Waals surface area contributed by atoms with Gasteiger partial charge in [0.15, 0.2) is 0 Å². The molecule has 1 amide bonds. The summed E-state index contributed by atoms with van der Waals surface area (Å²) >= 11 is 5.22. The van der Waals surface area contributed by atoms with Crippen molar-refractivity contribution in [1.82, 2.24) is 10.2 Å². The minimum Gasteiger partial charge on any atom is -0.341 e. The van der Waals surface area contributed by atoms with Crippen molar-refractivity contribution in [3.05, 3.63) is 20.8 Å². The first kappa shape index (κ1) is 14.0. The van der Waals surface area contributed by atoms with Crippen LogP contribution in [0.4, 0.5) is 0 Å². The van der Waals surface area contributed by atoms with Crippen molar-refractivity contribution in [3.63, 3.8) is 0 Å². The predicted octanol–water partition coefficient (Wildman–Crippen LogP) is 2.66. The van der Waals surface area contributed by atoms with Crippen molar-refractivity contribution >= 4 is 33.2 Å². The van der Waals surface area contributed by atoms with E-state index in [4.69, 9.17) is 0 Å². The highest BCUT2D eigenvalue weighted by atomic mass is 79.9. The molecule has 1 N–H and O–H groups in total. The van der Waals surface area contributed by atoms with E-state index >= 15 is 0 Å². The van der Waals surface area contributed by atoms with Crippen LogP contribution in [0.5, 0.6) is 0 Å². The zero-order valence-electron chi connectivity index (χ0n) is 10.5. The Kier molecular flexibility index (Phi) is 5.66. The maximum Gasteiger partial charge on any atom is 0.222 e. The number of thiophene rings is 1. The van der Waals surface area contributed by atoms with E-state index in [2.05, 4.69) is 33.4 Å². The van der Waals surface area contributed by atoms with E-state index in [0.717, 1.165) is 45.4 Å². The average Bonchev–Trinajstić information content (AvgIpc) is 2.63. The van der Waals surface area contributed by atoms with E-state index in [1.54, 1.807) is 11.3 Å². The smallest absolute Gasteiger partial charge is 0.222 e. The van der Waals surface area contributed by atoms with Gasteiger partial charge in [0.25, 0.3) is 0 Å². The van der Waals surface area contributed by atoms with E-state index < -0.39 is 0 Å². The quantitative estimate of drug-likeness (QED) is 0.920. The topological polar surface area (TPSA) is 32.3 Å². The first-order valence-electron chi connectivity index (χ1n) is 6.48. The van der Waals surface area contributed by atoms with Crippen molar-refractivity contribution in [2.24, 2.45) is 0 Å². The molecule has 0 radical (unpaired) electrons. The van der Waals surface area contributed by atoms with Crippen LogP contribution in [0.25, 0.3) is 0 Å². The summed E-state index contributed by atoms with van der Waals surface area (Å²) in [6, 6.07) is 4.21. The summed E-state index contributed by atoms with van der Waals surface area (Å²) in [6.45, 7) is 3.75. The zero-order chi connectivity index (χ0) is 12.8. The van der Waals surface area contributed by atoms with Crippen LogP contribution in [0.3, 0.4) is 0 Å². The first-order chi connectivity index (χ1) is 8.75. The van der Waals surface area contributed by atoms with E-state index in [0.29, 0.717) is 12.3 Å². The molecular formula is C13H19BrN2OS. The fraction of sp³-hybridized carbons (Fsp3) is 0.615. The Morgan fingerprint density at radius 1 is 1.39 bits per heavy atom. The Bertz CT molecular complexity index is 386. The van der Waals surface area contributed by atoms with Crippen molar-refractivity contribution in [2.75, 3.05) is 26.2 Å². The summed E-state index contributed by atoms with van der Waals surface area (Å²) in [5, 5.41) is 3.32. The Morgan fingerprint density at radius 2 is 2.28 bits per heavy atom. The maximum atomic E-state index is 12.0. The van der Waals surface area contributed by atoms with Gasteiger partial charge in [0.05, 0.1) is 3.79 Å². The average molecular weight is 331 g/mol. The van der Waals surface area contributed by atoms with Gasteiger partial charge >= 0.3 is 0 Å². The molecule has 1 aliphatic rings. The van der Waals surface area contributed by atoms with Gasteiger partial charge < -0.3 is 10.2 Å². The lowest BCUT2D eigenvalue weighted by atomic mass is 10.2. The highest BCUT2D eigenvalue weighted by Gasteiger charge is 2.14. The Balaban J connectivity index is 1.70. The van der Waals surface area contributed by atoms with E-state index in [1.807, 2.05) is 4.90 Å². The van der Waals surface area contributed by atoms with Crippen LogP contribution < -0.4 is 5.32 Å². The van der Waals surface area contributed by atoms with Gasteiger partial charge in [-0.25, -0.2) is 0 Å². The number of aryl methyl sites for hydroxylation is 1. The molecule has 0 saturated carbocycles. The molecule has 0 spiro atoms. The predicted molar refractivity (Wildman–Crippen MR) is 79.0 cm³/mol. The van der Waals surface area contributed by atoms with Crippen molar-refractivity contribution in [1.29, 1.82) is 0 Å². The molecule has 3 nitrogen and oxygen atoms in total. The van der Waals surface area contributed by atoms with Crippen LogP contribution in [0.2, 0.25) is 0 Å². The number of carbonyl (C=O) groups is 1. The van der Waals surface area contributed by atoms with Crippen LogP contribution >= 0.6 is 27.3 Å². The molecule has 2 rings (SSSR count). The third-order valence-electron chi connectivity index (χ3n) is 3.14. The van der Waals surface area contributed by atoms with Crippen LogP contribution in [0.1, 0.15) is 24.1 Å². The fourth-order valence-corrected chi connectivity index (χ4v) is 3.68. The highest BCUT2D eigenvalue weighted by molar-refractivity contribution is 9.11. The van der Waals surface area contributed by atoms with Gasteiger partial charge in [-0.2, -0.15) is 0 Å². The third kappa shape index (κ3) is 4.37. The normalized spacial score (nSPS) is 16.6. The van der Waals surface area contributed by atoms with E-state index in [9.17, 15) is 4.79 Å². The lowest BCUT2D eigenvalue weighted by molar-refractivity contribution is -0.131. The molecule has 5 heteroatoms. The van der Waals surface area contributed by atoms with Gasteiger partial charge in [-0.1, -0.05) is 0 Å². The SMILES string of the molecule is O=C(CCCc1ccc(Br)s1)N1CCCNCC1. The highest BCUT2D eigenvalue weighted by Crippen LogP contribution is 2.23. The summed E-state index contributed by atoms with van der Waals surface area (Å²) in [5.74, 6) is 0.314. The van der Waals surface area contributed by atoms with Crippen molar-refractivity contribution in [3.8, 4) is 0 Å². The molecule has 1 fully saturated rings. The van der Waals surface area contributed by atoms with E-state index in [-0.39, 0.29) is 0 Å². The van der Waals surface area contributed by atoms with Gasteiger partial charge in [-0.15, -0.1) is 11.3 Å². The van der Waals surface area contributed by atoms with Crippen LogP contribution in [-0.2, 0) is 11.2 Å². The number of rotatable bonds is 4. The Hall–Kier alpha value is -0.390. The number of nitrogens with one attached hydrogen (secondary N) is 1. The lowest BCUT2D eigenvalue weighted by Gasteiger charge is -2.19. The summed E-state index contributed by atoms with van der Waals surface area (Å²) in [5.41, 5.74) is 0. The second kappa shape index (κ2) is 7.26. The molecule has 0 atom stereocenters. The number of hydrogen-bond acceptors (Lipinski definition) is 3. The van der Waals surface area contributed by atoms with Gasteiger partial charge in [0.2, 0.25) is 5.91 Å².